The summed E-state index contributed by atoms with van der Waals surface area (Å²) >= 11 is 0. The lowest BCUT2D eigenvalue weighted by atomic mass is 9.87. The summed E-state index contributed by atoms with van der Waals surface area (Å²) in [4.78, 5) is 49.4. The fourth-order valence-corrected chi connectivity index (χ4v) is 4.14. The summed E-state index contributed by atoms with van der Waals surface area (Å²) < 4.78 is 0. The average molecular weight is 351 g/mol. The van der Waals surface area contributed by atoms with Crippen molar-refractivity contribution in [3.05, 3.63) is 0 Å². The summed E-state index contributed by atoms with van der Waals surface area (Å²) in [5.41, 5.74) is 0. The van der Waals surface area contributed by atoms with Gasteiger partial charge in [0.1, 0.15) is 12.1 Å². The summed E-state index contributed by atoms with van der Waals surface area (Å²) in [6.07, 6.45) is 5.76. The van der Waals surface area contributed by atoms with Gasteiger partial charge in [-0.15, -0.1) is 0 Å². The largest absolute Gasteiger partial charge is 0.481 e. The number of piperazine rings is 1. The number of carboxylic acids is 1. The molecule has 8 nitrogen and oxygen atoms in total. The number of nitrogens with zero attached hydrogens (tertiary/aromatic N) is 1. The Balaban J connectivity index is 1.58. The highest BCUT2D eigenvalue weighted by molar-refractivity contribution is 5.98. The van der Waals surface area contributed by atoms with E-state index >= 15 is 0 Å². The molecule has 25 heavy (non-hydrogen) atoms. The number of amides is 3. The summed E-state index contributed by atoms with van der Waals surface area (Å²) in [6, 6.07) is -1.73. The van der Waals surface area contributed by atoms with Gasteiger partial charge in [0, 0.05) is 18.5 Å². The molecular weight excluding hydrogens is 326 g/mol. The molecule has 0 bridgehead atoms. The Morgan fingerprint density at radius 2 is 1.88 bits per heavy atom. The number of rotatable bonds is 4. The second kappa shape index (κ2) is 7.41. The van der Waals surface area contributed by atoms with Crippen LogP contribution in [0, 0.1) is 5.92 Å². The second-order valence-electron chi connectivity index (χ2n) is 7.27. The molecule has 3 amide bonds. The molecule has 3 atom stereocenters. The number of carboxylic acid groups (broad SMARTS) is 1. The molecule has 1 aliphatic carbocycles. The number of piperidine rings is 1. The van der Waals surface area contributed by atoms with Crippen molar-refractivity contribution in [2.24, 2.45) is 5.92 Å². The van der Waals surface area contributed by atoms with Gasteiger partial charge in [-0.2, -0.15) is 0 Å². The average Bonchev–Trinajstić information content (AvgIpc) is 2.60. The van der Waals surface area contributed by atoms with E-state index in [0.29, 0.717) is 19.4 Å². The van der Waals surface area contributed by atoms with E-state index in [9.17, 15) is 19.2 Å². The van der Waals surface area contributed by atoms with Crippen LogP contribution in [-0.4, -0.2) is 58.4 Å². The lowest BCUT2D eigenvalue weighted by Gasteiger charge is -2.44. The van der Waals surface area contributed by atoms with Gasteiger partial charge in [-0.25, -0.2) is 0 Å². The molecule has 3 fully saturated rings. The lowest BCUT2D eigenvalue weighted by molar-refractivity contribution is -0.154. The van der Waals surface area contributed by atoms with Crippen molar-refractivity contribution in [2.45, 2.75) is 69.5 Å². The van der Waals surface area contributed by atoms with Crippen LogP contribution in [0.25, 0.3) is 0 Å². The van der Waals surface area contributed by atoms with Crippen molar-refractivity contribution < 1.29 is 24.3 Å². The first-order valence-corrected chi connectivity index (χ1v) is 9.08. The van der Waals surface area contributed by atoms with Crippen molar-refractivity contribution in [3.8, 4) is 0 Å². The van der Waals surface area contributed by atoms with Crippen LogP contribution in [0.15, 0.2) is 0 Å². The van der Waals surface area contributed by atoms with Crippen molar-refractivity contribution in [1.29, 1.82) is 0 Å². The highest BCUT2D eigenvalue weighted by Gasteiger charge is 2.44. The van der Waals surface area contributed by atoms with E-state index in [2.05, 4.69) is 10.6 Å². The third-order valence-electron chi connectivity index (χ3n) is 5.50. The van der Waals surface area contributed by atoms with E-state index in [4.69, 9.17) is 5.11 Å². The van der Waals surface area contributed by atoms with Gasteiger partial charge in [-0.1, -0.05) is 19.3 Å². The van der Waals surface area contributed by atoms with Gasteiger partial charge < -0.3 is 20.6 Å². The molecule has 0 radical (unpaired) electrons. The van der Waals surface area contributed by atoms with E-state index in [1.54, 1.807) is 0 Å². The SMILES string of the molecule is O=C(O)CC1NC(=O)C2CC(NC(=O)C3CCCCC3)CCN2C1=O. The van der Waals surface area contributed by atoms with Crippen LogP contribution in [0.1, 0.15) is 51.4 Å². The number of hydrogen-bond donors (Lipinski definition) is 3. The first-order chi connectivity index (χ1) is 12.0. The van der Waals surface area contributed by atoms with Crippen LogP contribution in [0.2, 0.25) is 0 Å². The number of nitrogens with one attached hydrogen (secondary N) is 2. The number of fused-ring (bicyclic) bond motifs is 1. The molecule has 2 saturated heterocycles. The highest BCUT2D eigenvalue weighted by Crippen LogP contribution is 2.26. The molecule has 8 heteroatoms. The molecule has 138 valence electrons. The van der Waals surface area contributed by atoms with E-state index < -0.39 is 24.5 Å². The minimum atomic E-state index is -1.12. The van der Waals surface area contributed by atoms with Gasteiger partial charge in [0.15, 0.2) is 0 Å². The highest BCUT2D eigenvalue weighted by atomic mass is 16.4. The van der Waals surface area contributed by atoms with Gasteiger partial charge in [0.25, 0.3) is 0 Å². The molecule has 0 aromatic carbocycles. The minimum absolute atomic E-state index is 0.0597. The molecular formula is C17H25N3O5. The maximum Gasteiger partial charge on any atom is 0.305 e. The molecule has 3 N–H and O–H groups in total. The standard InChI is InChI=1S/C17H25N3O5/c21-14(22)9-12-17(25)20-7-6-11(8-13(20)16(24)19-12)18-15(23)10-4-2-1-3-5-10/h10-13H,1-9H2,(H,18,23)(H,19,24)(H,21,22). The maximum absolute atomic E-state index is 12.4. The van der Waals surface area contributed by atoms with E-state index in [-0.39, 0.29) is 29.7 Å². The Kier molecular flexibility index (Phi) is 5.24. The second-order valence-corrected chi connectivity index (χ2v) is 7.27. The van der Waals surface area contributed by atoms with Gasteiger partial charge in [-0.05, 0) is 25.7 Å². The quantitative estimate of drug-likeness (QED) is 0.660. The van der Waals surface area contributed by atoms with Crippen LogP contribution < -0.4 is 10.6 Å². The Bertz CT molecular complexity index is 573. The monoisotopic (exact) mass is 351 g/mol. The molecule has 3 unspecified atom stereocenters. The Morgan fingerprint density at radius 3 is 2.56 bits per heavy atom. The zero-order valence-corrected chi connectivity index (χ0v) is 14.2. The van der Waals surface area contributed by atoms with Gasteiger partial charge in [0.2, 0.25) is 17.7 Å². The zero-order valence-electron chi connectivity index (χ0n) is 14.2. The van der Waals surface area contributed by atoms with Crippen LogP contribution in [0.4, 0.5) is 0 Å². The molecule has 3 aliphatic rings. The lowest BCUT2D eigenvalue weighted by Crippen LogP contribution is -2.67. The van der Waals surface area contributed by atoms with Gasteiger partial charge >= 0.3 is 5.97 Å². The fourth-order valence-electron chi connectivity index (χ4n) is 4.14. The first-order valence-electron chi connectivity index (χ1n) is 9.08. The number of carbonyl (C=O) groups excluding carboxylic acids is 3. The van der Waals surface area contributed by atoms with E-state index in [1.165, 1.54) is 11.3 Å². The van der Waals surface area contributed by atoms with Crippen molar-refractivity contribution in [2.75, 3.05) is 6.54 Å². The topological polar surface area (TPSA) is 116 Å². The predicted octanol–water partition coefficient (Wildman–Crippen LogP) is 0.0156. The summed E-state index contributed by atoms with van der Waals surface area (Å²) in [7, 11) is 0. The van der Waals surface area contributed by atoms with E-state index in [1.807, 2.05) is 0 Å². The predicted molar refractivity (Wildman–Crippen MR) is 87.4 cm³/mol. The van der Waals surface area contributed by atoms with Crippen molar-refractivity contribution in [3.63, 3.8) is 0 Å². The van der Waals surface area contributed by atoms with E-state index in [0.717, 1.165) is 25.7 Å². The van der Waals surface area contributed by atoms with Crippen molar-refractivity contribution >= 4 is 23.7 Å². The first kappa shape index (κ1) is 17.7. The maximum atomic E-state index is 12.4. The van der Waals surface area contributed by atoms with Crippen LogP contribution in [0.5, 0.6) is 0 Å². The Morgan fingerprint density at radius 1 is 1.16 bits per heavy atom. The molecule has 2 aliphatic heterocycles. The molecule has 0 aromatic heterocycles. The molecule has 0 aromatic rings. The summed E-state index contributed by atoms with van der Waals surface area (Å²) in [5, 5.41) is 14.4. The van der Waals surface area contributed by atoms with Crippen LogP contribution in [-0.2, 0) is 19.2 Å². The molecule has 1 saturated carbocycles. The number of hydrogen-bond acceptors (Lipinski definition) is 4. The van der Waals surface area contributed by atoms with Crippen molar-refractivity contribution in [1.82, 2.24) is 15.5 Å². The fraction of sp³-hybridized carbons (Fsp3) is 0.765. The minimum Gasteiger partial charge on any atom is -0.481 e. The van der Waals surface area contributed by atoms with Gasteiger partial charge in [-0.3, -0.25) is 19.2 Å². The molecule has 0 spiro atoms. The summed E-state index contributed by atoms with van der Waals surface area (Å²) in [6.45, 7) is 0.364. The summed E-state index contributed by atoms with van der Waals surface area (Å²) in [5.74, 6) is -1.67. The number of aliphatic carboxylic acids is 1. The smallest absolute Gasteiger partial charge is 0.305 e. The van der Waals surface area contributed by atoms with Gasteiger partial charge in [0.05, 0.1) is 6.42 Å². The Hall–Kier alpha value is -2.12. The zero-order chi connectivity index (χ0) is 18.0. The van der Waals surface area contributed by atoms with Crippen LogP contribution >= 0.6 is 0 Å². The molecule has 2 heterocycles. The number of carbonyl (C=O) groups is 4. The Labute approximate surface area is 146 Å². The third-order valence-corrected chi connectivity index (χ3v) is 5.50. The third kappa shape index (κ3) is 3.93. The molecule has 3 rings (SSSR count). The normalized spacial score (nSPS) is 30.4. The van der Waals surface area contributed by atoms with Crippen LogP contribution in [0.3, 0.4) is 0 Å².